The minimum absolute atomic E-state index is 0.0568. The van der Waals surface area contributed by atoms with Crippen molar-refractivity contribution in [2.45, 2.75) is 19.6 Å². The summed E-state index contributed by atoms with van der Waals surface area (Å²) in [5, 5.41) is 14.2. The molecular weight excluding hydrogens is 553 g/mol. The number of anilines is 1. The number of rotatable bonds is 9. The van der Waals surface area contributed by atoms with E-state index in [2.05, 4.69) is 14.8 Å². The van der Waals surface area contributed by atoms with Gasteiger partial charge in [-0.15, -0.1) is 11.3 Å². The van der Waals surface area contributed by atoms with Crippen LogP contribution in [0.25, 0.3) is 0 Å². The lowest BCUT2D eigenvalue weighted by Crippen LogP contribution is -2.48. The molecule has 40 heavy (non-hydrogen) atoms. The number of carbonyl (C=O) groups is 1. The third kappa shape index (κ3) is 7.01. The van der Waals surface area contributed by atoms with E-state index in [4.69, 9.17) is 11.6 Å². The third-order valence-corrected chi connectivity index (χ3v) is 7.85. The van der Waals surface area contributed by atoms with Crippen LogP contribution < -0.4 is 4.90 Å². The Balaban J connectivity index is 1.22. The minimum atomic E-state index is -0.414. The molecule has 1 aromatic heterocycles. The molecular formula is C29H27ClFN5O3S. The van der Waals surface area contributed by atoms with E-state index >= 15 is 0 Å². The van der Waals surface area contributed by atoms with E-state index in [-0.39, 0.29) is 17.4 Å². The number of hydrogen-bond donors (Lipinski definition) is 0. The molecule has 206 valence electrons. The van der Waals surface area contributed by atoms with Crippen LogP contribution in [0, 0.1) is 15.9 Å². The highest BCUT2D eigenvalue weighted by molar-refractivity contribution is 7.09. The van der Waals surface area contributed by atoms with Gasteiger partial charge >= 0.3 is 0 Å². The van der Waals surface area contributed by atoms with Gasteiger partial charge in [-0.2, -0.15) is 0 Å². The van der Waals surface area contributed by atoms with E-state index in [1.165, 1.54) is 35.6 Å². The standard InChI is InChI=1S/C29H27ClFN5O3S/c30-23-5-1-21(2-6-23)17-33(18-22-3-7-24(31)8-4-22)19-28-32-27(20-40-28)29(37)35-15-13-34(14-16-35)25-9-11-26(12-10-25)36(38)39/h1-12,20H,13-19H2. The fourth-order valence-electron chi connectivity index (χ4n) is 4.65. The lowest BCUT2D eigenvalue weighted by Gasteiger charge is -2.35. The van der Waals surface area contributed by atoms with Gasteiger partial charge in [-0.05, 0) is 47.5 Å². The second kappa shape index (κ2) is 12.5. The fourth-order valence-corrected chi connectivity index (χ4v) is 5.59. The van der Waals surface area contributed by atoms with Crippen molar-refractivity contribution in [3.8, 4) is 0 Å². The monoisotopic (exact) mass is 579 g/mol. The number of piperazine rings is 1. The van der Waals surface area contributed by atoms with E-state index in [1.54, 1.807) is 34.5 Å². The fraction of sp³-hybridized carbons (Fsp3) is 0.241. The van der Waals surface area contributed by atoms with Gasteiger partial charge in [0, 0.05) is 67.5 Å². The molecule has 8 nitrogen and oxygen atoms in total. The maximum Gasteiger partial charge on any atom is 0.273 e. The molecule has 11 heteroatoms. The van der Waals surface area contributed by atoms with Crippen LogP contribution in [0.1, 0.15) is 26.6 Å². The lowest BCUT2D eigenvalue weighted by atomic mass is 10.1. The molecule has 0 N–H and O–H groups in total. The number of amides is 1. The van der Waals surface area contributed by atoms with Crippen molar-refractivity contribution < 1.29 is 14.1 Å². The van der Waals surface area contributed by atoms with Crippen molar-refractivity contribution in [3.05, 3.63) is 121 Å². The van der Waals surface area contributed by atoms with Crippen LogP contribution in [0.3, 0.4) is 0 Å². The highest BCUT2D eigenvalue weighted by Crippen LogP contribution is 2.23. The molecule has 3 aromatic carbocycles. The first kappa shape index (κ1) is 27.7. The summed E-state index contributed by atoms with van der Waals surface area (Å²) in [5.74, 6) is -0.377. The number of halogens is 2. The average molecular weight is 580 g/mol. The summed E-state index contributed by atoms with van der Waals surface area (Å²) in [6.45, 7) is 4.11. The van der Waals surface area contributed by atoms with Crippen molar-refractivity contribution in [2.24, 2.45) is 0 Å². The van der Waals surface area contributed by atoms with Gasteiger partial charge in [0.15, 0.2) is 0 Å². The maximum absolute atomic E-state index is 13.4. The van der Waals surface area contributed by atoms with Crippen molar-refractivity contribution in [1.82, 2.24) is 14.8 Å². The molecule has 0 bridgehead atoms. The second-order valence-electron chi connectivity index (χ2n) is 9.58. The SMILES string of the molecule is O=C(c1csc(CN(Cc2ccc(F)cc2)Cc2ccc(Cl)cc2)n1)N1CCN(c2ccc([N+](=O)[O-])cc2)CC1. The smallest absolute Gasteiger partial charge is 0.273 e. The number of nitrogens with zero attached hydrogens (tertiary/aromatic N) is 5. The summed E-state index contributed by atoms with van der Waals surface area (Å²) < 4.78 is 13.4. The van der Waals surface area contributed by atoms with Gasteiger partial charge in [0.25, 0.3) is 11.6 Å². The van der Waals surface area contributed by atoms with Crippen molar-refractivity contribution in [3.63, 3.8) is 0 Å². The number of thiazole rings is 1. The van der Waals surface area contributed by atoms with Crippen LogP contribution >= 0.6 is 22.9 Å². The third-order valence-electron chi connectivity index (χ3n) is 6.76. The predicted molar refractivity (Wildman–Crippen MR) is 154 cm³/mol. The highest BCUT2D eigenvalue weighted by Gasteiger charge is 2.25. The Morgan fingerprint density at radius 3 is 2.12 bits per heavy atom. The zero-order valence-electron chi connectivity index (χ0n) is 21.6. The topological polar surface area (TPSA) is 82.8 Å². The zero-order valence-corrected chi connectivity index (χ0v) is 23.2. The number of non-ortho nitro benzene ring substituents is 1. The normalized spacial score (nSPS) is 13.6. The van der Waals surface area contributed by atoms with Crippen LogP contribution in [0.15, 0.2) is 78.2 Å². The molecule has 5 rings (SSSR count). The van der Waals surface area contributed by atoms with E-state index in [0.29, 0.717) is 56.5 Å². The van der Waals surface area contributed by atoms with Gasteiger partial charge in [-0.3, -0.25) is 19.8 Å². The molecule has 0 saturated carbocycles. The van der Waals surface area contributed by atoms with Crippen molar-refractivity contribution in [2.75, 3.05) is 31.1 Å². The molecule has 0 spiro atoms. The second-order valence-corrected chi connectivity index (χ2v) is 11.0. The van der Waals surface area contributed by atoms with Gasteiger partial charge in [-0.25, -0.2) is 9.37 Å². The Labute approximate surface area is 240 Å². The quantitative estimate of drug-likeness (QED) is 0.178. The molecule has 1 fully saturated rings. The molecule has 0 radical (unpaired) electrons. The largest absolute Gasteiger partial charge is 0.368 e. The Hall–Kier alpha value is -3.86. The summed E-state index contributed by atoms with van der Waals surface area (Å²) in [5.41, 5.74) is 3.45. The van der Waals surface area contributed by atoms with Gasteiger partial charge < -0.3 is 9.80 Å². The Kier molecular flexibility index (Phi) is 8.69. The summed E-state index contributed by atoms with van der Waals surface area (Å²) in [7, 11) is 0. The Morgan fingerprint density at radius 1 is 0.925 bits per heavy atom. The van der Waals surface area contributed by atoms with E-state index in [9.17, 15) is 19.3 Å². The number of aromatic nitrogens is 1. The molecule has 2 heterocycles. The van der Waals surface area contributed by atoms with Gasteiger partial charge in [-0.1, -0.05) is 35.9 Å². The van der Waals surface area contributed by atoms with Crippen LogP contribution in [-0.2, 0) is 19.6 Å². The van der Waals surface area contributed by atoms with Crippen LogP contribution in [0.4, 0.5) is 15.8 Å². The number of nitro groups is 1. The number of nitro benzene ring substituents is 1. The summed E-state index contributed by atoms with van der Waals surface area (Å²) in [4.78, 5) is 34.5. The van der Waals surface area contributed by atoms with Crippen molar-refractivity contribution >= 4 is 40.2 Å². The first-order chi connectivity index (χ1) is 19.3. The number of carbonyl (C=O) groups excluding carboxylic acids is 1. The minimum Gasteiger partial charge on any atom is -0.368 e. The predicted octanol–water partition coefficient (Wildman–Crippen LogP) is 6.01. The first-order valence-electron chi connectivity index (χ1n) is 12.8. The summed E-state index contributed by atoms with van der Waals surface area (Å²) >= 11 is 7.51. The van der Waals surface area contributed by atoms with Gasteiger partial charge in [0.1, 0.15) is 16.5 Å². The average Bonchev–Trinajstić information content (AvgIpc) is 3.43. The molecule has 0 aliphatic carbocycles. The van der Waals surface area contributed by atoms with E-state index in [1.807, 2.05) is 24.3 Å². The summed E-state index contributed by atoms with van der Waals surface area (Å²) in [6.07, 6.45) is 0. The van der Waals surface area contributed by atoms with E-state index < -0.39 is 4.92 Å². The molecule has 0 unspecified atom stereocenters. The van der Waals surface area contributed by atoms with Crippen molar-refractivity contribution in [1.29, 1.82) is 0 Å². The molecule has 1 aliphatic rings. The Morgan fingerprint density at radius 2 is 1.52 bits per heavy atom. The number of benzene rings is 3. The zero-order chi connectivity index (χ0) is 28.1. The molecule has 4 aromatic rings. The van der Waals surface area contributed by atoms with Gasteiger partial charge in [0.2, 0.25) is 0 Å². The van der Waals surface area contributed by atoms with Crippen LogP contribution in [-0.4, -0.2) is 51.8 Å². The number of hydrogen-bond acceptors (Lipinski definition) is 7. The first-order valence-corrected chi connectivity index (χ1v) is 14.0. The molecule has 0 atom stereocenters. The molecule has 1 aliphatic heterocycles. The Bertz CT molecular complexity index is 1410. The van der Waals surface area contributed by atoms with Crippen LogP contribution in [0.2, 0.25) is 5.02 Å². The summed E-state index contributed by atoms with van der Waals surface area (Å²) in [6, 6.07) is 20.6. The molecule has 1 amide bonds. The lowest BCUT2D eigenvalue weighted by molar-refractivity contribution is -0.384. The van der Waals surface area contributed by atoms with Crippen LogP contribution in [0.5, 0.6) is 0 Å². The molecule has 1 saturated heterocycles. The maximum atomic E-state index is 13.4. The van der Waals surface area contributed by atoms with E-state index in [0.717, 1.165) is 21.8 Å². The van der Waals surface area contributed by atoms with Gasteiger partial charge in [0.05, 0.1) is 11.5 Å². The highest BCUT2D eigenvalue weighted by atomic mass is 35.5.